The molecule has 1 heterocycles. The molecule has 0 saturated carbocycles. The maximum Gasteiger partial charge on any atom is 0.323 e. The predicted molar refractivity (Wildman–Crippen MR) is 149 cm³/mol. The number of amides is 3. The van der Waals surface area contributed by atoms with Gasteiger partial charge in [-0.1, -0.05) is 12.1 Å². The molecule has 3 amide bonds. The number of aryl methyl sites for hydroxylation is 1. The van der Waals surface area contributed by atoms with Crippen molar-refractivity contribution in [3.05, 3.63) is 84.6 Å². The minimum Gasteiger partial charge on any atom is -0.493 e. The first-order valence-electron chi connectivity index (χ1n) is 11.8. The molecule has 0 spiro atoms. The van der Waals surface area contributed by atoms with E-state index < -0.39 is 6.03 Å². The van der Waals surface area contributed by atoms with Crippen LogP contribution >= 0.6 is 0 Å². The van der Waals surface area contributed by atoms with E-state index in [1.54, 1.807) is 81.9 Å². The number of benzene rings is 3. The first kappa shape index (κ1) is 26.0. The Kier molecular flexibility index (Phi) is 8.07. The lowest BCUT2D eigenvalue weighted by molar-refractivity contribution is -0.111. The van der Waals surface area contributed by atoms with E-state index in [1.165, 1.54) is 6.08 Å². The fraction of sp³-hybridized carbons (Fsp3) is 0.138. The number of allylic oxidation sites excluding steroid dienone is 1. The largest absolute Gasteiger partial charge is 0.493 e. The zero-order chi connectivity index (χ0) is 27.1. The van der Waals surface area contributed by atoms with Crippen molar-refractivity contribution in [1.82, 2.24) is 4.98 Å². The fourth-order valence-corrected chi connectivity index (χ4v) is 3.71. The lowest BCUT2D eigenvalue weighted by atomic mass is 10.1. The van der Waals surface area contributed by atoms with Gasteiger partial charge in [0.05, 0.1) is 19.7 Å². The zero-order valence-corrected chi connectivity index (χ0v) is 21.5. The number of pyridine rings is 1. The summed E-state index contributed by atoms with van der Waals surface area (Å²) in [6.07, 6.45) is 4.75. The van der Waals surface area contributed by atoms with E-state index in [1.807, 2.05) is 19.1 Å². The number of carbonyl (C=O) groups is 2. The van der Waals surface area contributed by atoms with Gasteiger partial charge < -0.3 is 30.2 Å². The van der Waals surface area contributed by atoms with Gasteiger partial charge in [0.25, 0.3) is 0 Å². The summed E-state index contributed by atoms with van der Waals surface area (Å²) in [4.78, 5) is 28.7. The van der Waals surface area contributed by atoms with Crippen LogP contribution in [0.3, 0.4) is 0 Å². The van der Waals surface area contributed by atoms with Crippen LogP contribution in [0.15, 0.2) is 79.0 Å². The number of hydrogen-bond donors (Lipinski definition) is 3. The summed E-state index contributed by atoms with van der Waals surface area (Å²) in [7, 11) is 3.14. The summed E-state index contributed by atoms with van der Waals surface area (Å²) in [6.45, 7) is 3.69. The van der Waals surface area contributed by atoms with Gasteiger partial charge >= 0.3 is 6.03 Å². The Morgan fingerprint density at radius 3 is 2.08 bits per heavy atom. The van der Waals surface area contributed by atoms with E-state index in [9.17, 15) is 9.59 Å². The van der Waals surface area contributed by atoms with Gasteiger partial charge in [-0.05, 0) is 68.0 Å². The van der Waals surface area contributed by atoms with Gasteiger partial charge in [-0.15, -0.1) is 0 Å². The van der Waals surface area contributed by atoms with E-state index in [-0.39, 0.29) is 5.91 Å². The van der Waals surface area contributed by atoms with Crippen LogP contribution in [0.4, 0.5) is 21.9 Å². The third-order valence-corrected chi connectivity index (χ3v) is 5.60. The van der Waals surface area contributed by atoms with Crippen LogP contribution in [0, 0.1) is 6.92 Å². The highest BCUT2D eigenvalue weighted by Crippen LogP contribution is 2.38. The summed E-state index contributed by atoms with van der Waals surface area (Å²) in [5, 5.41) is 9.08. The molecule has 1 aromatic heterocycles. The van der Waals surface area contributed by atoms with Crippen molar-refractivity contribution in [2.45, 2.75) is 13.8 Å². The molecular weight excluding hydrogens is 484 g/mol. The standard InChI is InChI=1S/C29H28N4O5/c1-5-6-28(34)31-19-9-11-20(12-10-19)32-29(35)33-21-8-7-18(2)25(15-21)38-24-13-14-30-23-17-27(37-4)26(36-3)16-22(23)24/h5-17H,1-4H3,(H,31,34)(H2,32,33,35)/b6-5+. The van der Waals surface area contributed by atoms with Crippen LogP contribution in [0.25, 0.3) is 10.9 Å². The van der Waals surface area contributed by atoms with Gasteiger partial charge in [0.15, 0.2) is 11.5 Å². The summed E-state index contributed by atoms with van der Waals surface area (Å²) in [5.41, 5.74) is 3.33. The topological polar surface area (TPSA) is 111 Å². The minimum atomic E-state index is -0.420. The summed E-state index contributed by atoms with van der Waals surface area (Å²) >= 11 is 0. The quantitative estimate of drug-likeness (QED) is 0.232. The van der Waals surface area contributed by atoms with Crippen LogP contribution < -0.4 is 30.2 Å². The van der Waals surface area contributed by atoms with Crippen molar-refractivity contribution >= 4 is 39.9 Å². The molecule has 38 heavy (non-hydrogen) atoms. The van der Waals surface area contributed by atoms with Crippen LogP contribution in [-0.4, -0.2) is 31.1 Å². The lowest BCUT2D eigenvalue weighted by Crippen LogP contribution is -2.19. The average Bonchev–Trinajstić information content (AvgIpc) is 2.91. The Hall–Kier alpha value is -5.05. The van der Waals surface area contributed by atoms with E-state index in [0.29, 0.717) is 45.6 Å². The van der Waals surface area contributed by atoms with Crippen LogP contribution in [0.1, 0.15) is 12.5 Å². The van der Waals surface area contributed by atoms with Gasteiger partial charge in [0.2, 0.25) is 5.91 Å². The monoisotopic (exact) mass is 512 g/mol. The molecule has 0 saturated heterocycles. The van der Waals surface area contributed by atoms with Crippen molar-refractivity contribution in [3.8, 4) is 23.0 Å². The zero-order valence-electron chi connectivity index (χ0n) is 21.5. The second-order valence-electron chi connectivity index (χ2n) is 8.26. The minimum absolute atomic E-state index is 0.220. The Bertz CT molecular complexity index is 1500. The summed E-state index contributed by atoms with van der Waals surface area (Å²) in [5.74, 6) is 2.08. The maximum atomic E-state index is 12.6. The number of methoxy groups -OCH3 is 2. The highest BCUT2D eigenvalue weighted by molar-refractivity contribution is 6.01. The smallest absolute Gasteiger partial charge is 0.323 e. The molecule has 0 aliphatic carbocycles. The molecule has 4 aromatic rings. The highest BCUT2D eigenvalue weighted by atomic mass is 16.5. The third kappa shape index (κ3) is 6.19. The van der Waals surface area contributed by atoms with E-state index in [2.05, 4.69) is 20.9 Å². The Labute approximate surface area is 220 Å². The van der Waals surface area contributed by atoms with Gasteiger partial charge in [0, 0.05) is 40.8 Å². The Morgan fingerprint density at radius 1 is 0.763 bits per heavy atom. The molecule has 0 atom stereocenters. The number of nitrogens with zero attached hydrogens (tertiary/aromatic N) is 1. The molecule has 0 aliphatic rings. The number of urea groups is 1. The molecule has 3 aromatic carbocycles. The van der Waals surface area contributed by atoms with E-state index in [4.69, 9.17) is 14.2 Å². The van der Waals surface area contributed by atoms with Crippen molar-refractivity contribution in [1.29, 1.82) is 0 Å². The molecule has 0 bridgehead atoms. The molecular formula is C29H28N4O5. The van der Waals surface area contributed by atoms with E-state index >= 15 is 0 Å². The van der Waals surface area contributed by atoms with Crippen molar-refractivity contribution in [2.24, 2.45) is 0 Å². The normalized spacial score (nSPS) is 10.7. The second-order valence-corrected chi connectivity index (χ2v) is 8.26. The second kappa shape index (κ2) is 11.8. The molecule has 194 valence electrons. The van der Waals surface area contributed by atoms with Crippen LogP contribution in [-0.2, 0) is 4.79 Å². The molecule has 3 N–H and O–H groups in total. The fourth-order valence-electron chi connectivity index (χ4n) is 3.71. The molecule has 0 radical (unpaired) electrons. The third-order valence-electron chi connectivity index (χ3n) is 5.60. The number of ether oxygens (including phenoxy) is 3. The SMILES string of the molecule is C/C=C/C(=O)Nc1ccc(NC(=O)Nc2ccc(C)c(Oc3ccnc4cc(OC)c(OC)cc34)c2)cc1. The molecule has 9 heteroatoms. The number of aromatic nitrogens is 1. The Morgan fingerprint density at radius 2 is 1.39 bits per heavy atom. The molecule has 9 nitrogen and oxygen atoms in total. The molecule has 4 rings (SSSR count). The number of hydrogen-bond acceptors (Lipinski definition) is 6. The molecule has 0 fully saturated rings. The van der Waals surface area contributed by atoms with Crippen LogP contribution in [0.5, 0.6) is 23.0 Å². The maximum absolute atomic E-state index is 12.6. The summed E-state index contributed by atoms with van der Waals surface area (Å²) < 4.78 is 17.1. The van der Waals surface area contributed by atoms with Gasteiger partial charge in [-0.2, -0.15) is 0 Å². The highest BCUT2D eigenvalue weighted by Gasteiger charge is 2.13. The summed E-state index contributed by atoms with van der Waals surface area (Å²) in [6, 6.07) is 17.2. The number of fused-ring (bicyclic) bond motifs is 1. The first-order valence-corrected chi connectivity index (χ1v) is 11.8. The average molecular weight is 513 g/mol. The van der Waals surface area contributed by atoms with Crippen molar-refractivity contribution < 1.29 is 23.8 Å². The number of carbonyl (C=O) groups excluding carboxylic acids is 2. The lowest BCUT2D eigenvalue weighted by Gasteiger charge is -2.15. The number of anilines is 3. The van der Waals surface area contributed by atoms with E-state index in [0.717, 1.165) is 10.9 Å². The van der Waals surface area contributed by atoms with Gasteiger partial charge in [0.1, 0.15) is 11.5 Å². The molecule has 0 unspecified atom stereocenters. The van der Waals surface area contributed by atoms with Crippen molar-refractivity contribution in [2.75, 3.05) is 30.2 Å². The number of rotatable bonds is 8. The van der Waals surface area contributed by atoms with Gasteiger partial charge in [-0.25, -0.2) is 4.79 Å². The van der Waals surface area contributed by atoms with Crippen LogP contribution in [0.2, 0.25) is 0 Å². The van der Waals surface area contributed by atoms with Crippen molar-refractivity contribution in [3.63, 3.8) is 0 Å². The first-order chi connectivity index (χ1) is 18.4. The Balaban J connectivity index is 1.47. The number of nitrogens with one attached hydrogen (secondary N) is 3. The predicted octanol–water partition coefficient (Wildman–Crippen LogP) is 6.51. The molecule has 0 aliphatic heterocycles. The van der Waals surface area contributed by atoms with Gasteiger partial charge in [-0.3, -0.25) is 9.78 Å².